The summed E-state index contributed by atoms with van der Waals surface area (Å²) in [6.45, 7) is 5.04. The van der Waals surface area contributed by atoms with E-state index in [9.17, 15) is 8.78 Å². The van der Waals surface area contributed by atoms with Crippen LogP contribution in [0.25, 0.3) is 0 Å². The molecule has 0 bridgehead atoms. The molecule has 0 heterocycles. The maximum absolute atomic E-state index is 13.4. The molecule has 16 heavy (non-hydrogen) atoms. The molecule has 94 valence electrons. The van der Waals surface area contributed by atoms with Gasteiger partial charge in [-0.1, -0.05) is 11.6 Å². The van der Waals surface area contributed by atoms with Gasteiger partial charge in [-0.15, -0.1) is 0 Å². The van der Waals surface area contributed by atoms with Gasteiger partial charge in [0.25, 0.3) is 0 Å². The highest BCUT2D eigenvalue weighted by atomic mass is 19.1. The maximum atomic E-state index is 13.4. The summed E-state index contributed by atoms with van der Waals surface area (Å²) in [6.07, 6.45) is 2.12. The molecule has 0 saturated carbocycles. The van der Waals surface area contributed by atoms with Crippen LogP contribution in [-0.4, -0.2) is 30.0 Å². The Kier molecular flexibility index (Phi) is 7.81. The first kappa shape index (κ1) is 15.1. The molecule has 0 aliphatic carbocycles. The zero-order valence-corrected chi connectivity index (χ0v) is 10.3. The van der Waals surface area contributed by atoms with Gasteiger partial charge in [-0.25, -0.2) is 4.39 Å². The summed E-state index contributed by atoms with van der Waals surface area (Å²) in [5, 5.41) is 9.10. The smallest absolute Gasteiger partial charge is 0.115 e. The van der Waals surface area contributed by atoms with Crippen molar-refractivity contribution < 1.29 is 13.9 Å². The molecule has 0 unspecified atom stereocenters. The Morgan fingerprint density at radius 1 is 1.31 bits per heavy atom. The van der Waals surface area contributed by atoms with E-state index in [1.807, 2.05) is 20.8 Å². The zero-order valence-electron chi connectivity index (χ0n) is 10.3. The Morgan fingerprint density at radius 2 is 1.94 bits per heavy atom. The van der Waals surface area contributed by atoms with Crippen molar-refractivity contribution >= 4 is 0 Å². The van der Waals surface area contributed by atoms with Crippen molar-refractivity contribution in [2.24, 2.45) is 0 Å². The fourth-order valence-electron chi connectivity index (χ4n) is 1.17. The SMILES string of the molecule is CC(C)=C(C)N(CO)C/C(F)=C\CCCF. The summed E-state index contributed by atoms with van der Waals surface area (Å²) in [5.74, 6) is -0.330. The van der Waals surface area contributed by atoms with Crippen LogP contribution in [0.1, 0.15) is 33.6 Å². The summed E-state index contributed by atoms with van der Waals surface area (Å²) in [6, 6.07) is 0. The van der Waals surface area contributed by atoms with E-state index in [1.165, 1.54) is 11.0 Å². The number of alkyl halides is 1. The molecule has 0 aromatic carbocycles. The lowest BCUT2D eigenvalue weighted by Crippen LogP contribution is -2.25. The van der Waals surface area contributed by atoms with Gasteiger partial charge in [-0.2, -0.15) is 0 Å². The number of hydrogen-bond acceptors (Lipinski definition) is 2. The van der Waals surface area contributed by atoms with Crippen LogP contribution in [0.2, 0.25) is 0 Å². The Bertz CT molecular complexity index is 258. The minimum absolute atomic E-state index is 0.0415. The van der Waals surface area contributed by atoms with Crippen LogP contribution >= 0.6 is 0 Å². The Morgan fingerprint density at radius 3 is 2.38 bits per heavy atom. The van der Waals surface area contributed by atoms with E-state index in [2.05, 4.69) is 0 Å². The molecule has 4 heteroatoms. The highest BCUT2D eigenvalue weighted by Gasteiger charge is 2.07. The third-order valence-electron chi connectivity index (χ3n) is 2.41. The Hall–Kier alpha value is -0.900. The number of unbranched alkanes of at least 4 members (excludes halogenated alkanes) is 1. The van der Waals surface area contributed by atoms with Crippen molar-refractivity contribution in [2.75, 3.05) is 20.0 Å². The lowest BCUT2D eigenvalue weighted by Gasteiger charge is -2.23. The highest BCUT2D eigenvalue weighted by molar-refractivity contribution is 5.08. The number of allylic oxidation sites excluding steroid dienone is 3. The van der Waals surface area contributed by atoms with Crippen molar-refractivity contribution in [3.8, 4) is 0 Å². The van der Waals surface area contributed by atoms with Gasteiger partial charge in [0.05, 0.1) is 13.2 Å². The second-order valence-electron chi connectivity index (χ2n) is 3.91. The molecule has 0 aliphatic heterocycles. The third-order valence-corrected chi connectivity index (χ3v) is 2.41. The highest BCUT2D eigenvalue weighted by Crippen LogP contribution is 2.12. The maximum Gasteiger partial charge on any atom is 0.115 e. The first-order chi connectivity index (χ1) is 7.52. The van der Waals surface area contributed by atoms with Crippen LogP contribution in [0.3, 0.4) is 0 Å². The monoisotopic (exact) mass is 233 g/mol. The first-order valence-electron chi connectivity index (χ1n) is 5.43. The van der Waals surface area contributed by atoms with E-state index in [-0.39, 0.29) is 19.1 Å². The average Bonchev–Trinajstić information content (AvgIpc) is 2.25. The van der Waals surface area contributed by atoms with Gasteiger partial charge in [0, 0.05) is 5.70 Å². The molecule has 0 saturated heterocycles. The fourth-order valence-corrected chi connectivity index (χ4v) is 1.17. The van der Waals surface area contributed by atoms with Crippen molar-refractivity contribution in [1.29, 1.82) is 0 Å². The van der Waals surface area contributed by atoms with E-state index < -0.39 is 6.67 Å². The molecule has 0 fully saturated rings. The van der Waals surface area contributed by atoms with E-state index in [4.69, 9.17) is 5.11 Å². The predicted molar refractivity (Wildman–Crippen MR) is 62.2 cm³/mol. The normalized spacial score (nSPS) is 11.5. The molecular formula is C12H21F2NO. The number of hydrogen-bond donors (Lipinski definition) is 1. The Balaban J connectivity index is 4.33. The van der Waals surface area contributed by atoms with Crippen molar-refractivity contribution in [3.63, 3.8) is 0 Å². The molecule has 0 atom stereocenters. The van der Waals surface area contributed by atoms with E-state index in [0.29, 0.717) is 12.8 Å². The minimum Gasteiger partial charge on any atom is -0.376 e. The summed E-state index contributed by atoms with van der Waals surface area (Å²) in [7, 11) is 0. The number of nitrogens with zero attached hydrogens (tertiary/aromatic N) is 1. The van der Waals surface area contributed by atoms with Crippen LogP contribution in [0.5, 0.6) is 0 Å². The molecule has 0 aromatic heterocycles. The minimum atomic E-state index is -0.430. The van der Waals surface area contributed by atoms with E-state index in [0.717, 1.165) is 11.3 Å². The average molecular weight is 233 g/mol. The second-order valence-corrected chi connectivity index (χ2v) is 3.91. The lowest BCUT2D eigenvalue weighted by molar-refractivity contribution is 0.141. The van der Waals surface area contributed by atoms with Crippen LogP contribution in [-0.2, 0) is 0 Å². The predicted octanol–water partition coefficient (Wildman–Crippen LogP) is 3.16. The van der Waals surface area contributed by atoms with Crippen LogP contribution < -0.4 is 0 Å². The Labute approximate surface area is 96.3 Å². The van der Waals surface area contributed by atoms with Gasteiger partial charge >= 0.3 is 0 Å². The molecule has 0 aliphatic rings. The first-order valence-corrected chi connectivity index (χ1v) is 5.43. The van der Waals surface area contributed by atoms with E-state index >= 15 is 0 Å². The molecule has 1 N–H and O–H groups in total. The molecule has 2 nitrogen and oxygen atoms in total. The number of rotatable bonds is 7. The summed E-state index contributed by atoms with van der Waals surface area (Å²) >= 11 is 0. The number of aliphatic hydroxyl groups is 1. The summed E-state index contributed by atoms with van der Waals surface area (Å²) in [4.78, 5) is 1.54. The lowest BCUT2D eigenvalue weighted by atomic mass is 10.2. The standard InChI is InChI=1S/C12H21F2NO/c1-10(2)11(3)15(9-16)8-12(14)6-4-5-7-13/h6,16H,4-5,7-9H2,1-3H3/b12-6+. The van der Waals surface area contributed by atoms with Gasteiger partial charge in [-0.3, -0.25) is 4.39 Å². The molecule has 0 radical (unpaired) electrons. The topological polar surface area (TPSA) is 23.5 Å². The quantitative estimate of drug-likeness (QED) is 0.539. The summed E-state index contributed by atoms with van der Waals surface area (Å²) in [5.41, 5.74) is 1.89. The van der Waals surface area contributed by atoms with Gasteiger partial charge in [0.2, 0.25) is 0 Å². The van der Waals surface area contributed by atoms with Crippen LogP contribution in [0, 0.1) is 0 Å². The number of halogens is 2. The van der Waals surface area contributed by atoms with Crippen molar-refractivity contribution in [2.45, 2.75) is 33.6 Å². The third kappa shape index (κ3) is 5.85. The van der Waals surface area contributed by atoms with Crippen LogP contribution in [0.4, 0.5) is 8.78 Å². The molecule has 0 amide bonds. The molecule has 0 rings (SSSR count). The molecular weight excluding hydrogens is 212 g/mol. The fraction of sp³-hybridized carbons (Fsp3) is 0.667. The molecule has 0 aromatic rings. The van der Waals surface area contributed by atoms with Gasteiger partial charge in [0.1, 0.15) is 12.6 Å². The van der Waals surface area contributed by atoms with E-state index in [1.54, 1.807) is 0 Å². The van der Waals surface area contributed by atoms with Crippen molar-refractivity contribution in [1.82, 2.24) is 4.90 Å². The van der Waals surface area contributed by atoms with Crippen LogP contribution in [0.15, 0.2) is 23.2 Å². The van der Waals surface area contributed by atoms with Gasteiger partial charge in [0.15, 0.2) is 0 Å². The second kappa shape index (κ2) is 8.28. The van der Waals surface area contributed by atoms with Gasteiger partial charge in [-0.05, 0) is 33.6 Å². The van der Waals surface area contributed by atoms with Crippen molar-refractivity contribution in [3.05, 3.63) is 23.2 Å². The molecule has 0 spiro atoms. The summed E-state index contributed by atoms with van der Waals surface area (Å²) < 4.78 is 25.1. The number of aliphatic hydroxyl groups excluding tert-OH is 1. The zero-order chi connectivity index (χ0) is 12.6. The largest absolute Gasteiger partial charge is 0.376 e. The van der Waals surface area contributed by atoms with Gasteiger partial charge < -0.3 is 10.0 Å².